The number of rotatable bonds is 14. The molecule has 4 aliphatic carbocycles. The van der Waals surface area contributed by atoms with E-state index in [-0.39, 0.29) is 18.4 Å². The normalized spacial score (nSPS) is 51.0. The van der Waals surface area contributed by atoms with Crippen molar-refractivity contribution in [2.24, 2.45) is 34.0 Å². The number of hydrogen-bond acceptors (Lipinski definition) is 24. The average Bonchev–Trinajstić information content (AvgIpc) is 3.49. The summed E-state index contributed by atoms with van der Waals surface area (Å²) in [5.74, 6) is -4.26. The van der Waals surface area contributed by atoms with Crippen molar-refractivity contribution in [1.82, 2.24) is 0 Å². The van der Waals surface area contributed by atoms with Gasteiger partial charge in [0.1, 0.15) is 98.5 Å². The van der Waals surface area contributed by atoms with Gasteiger partial charge in [-0.05, 0) is 86.5 Å². The highest BCUT2D eigenvalue weighted by Gasteiger charge is 2.70. The molecule has 1 spiro atoms. The van der Waals surface area contributed by atoms with Crippen LogP contribution >= 0.6 is 0 Å². The number of carboxylic acids is 1. The van der Waals surface area contributed by atoms with Crippen LogP contribution in [0.3, 0.4) is 0 Å². The number of hydrogen-bond donors (Lipinski definition) is 13. The molecule has 0 aromatic rings. The van der Waals surface area contributed by atoms with Crippen LogP contribution in [0.15, 0.2) is 12.2 Å². The molecule has 25 heteroatoms. The Morgan fingerprint density at radius 2 is 1.23 bits per heavy atom. The molecule has 4 saturated heterocycles. The smallest absolute Gasteiger partial charge is 0.317 e. The molecule has 8 aliphatic rings. The van der Waals surface area contributed by atoms with Crippen molar-refractivity contribution in [3.63, 3.8) is 0 Å². The van der Waals surface area contributed by atoms with Crippen molar-refractivity contribution >= 4 is 17.9 Å². The van der Waals surface area contributed by atoms with Crippen LogP contribution in [0.1, 0.15) is 85.0 Å². The summed E-state index contributed by atoms with van der Waals surface area (Å²) in [5, 5.41) is 138. The lowest BCUT2D eigenvalue weighted by Gasteiger charge is -2.64. The summed E-state index contributed by atoms with van der Waals surface area (Å²) in [4.78, 5) is 37.4. The Morgan fingerprint density at radius 1 is 0.658 bits per heavy atom. The number of aliphatic carboxylic acids is 1. The molecule has 0 aromatic carbocycles. The molecule has 0 amide bonds. The Hall–Kier alpha value is -2.61. The summed E-state index contributed by atoms with van der Waals surface area (Å²) in [6, 6.07) is 0. The van der Waals surface area contributed by atoms with E-state index < -0.39 is 189 Å². The molecule has 2 bridgehead atoms. The monoisotopic (exact) mass is 1050 g/mol. The molecule has 25 nitrogen and oxygen atoms in total. The fraction of sp³-hybridized carbons (Fsp3) is 0.896. The summed E-state index contributed by atoms with van der Waals surface area (Å²) >= 11 is 0. The van der Waals surface area contributed by atoms with Crippen LogP contribution in [0.2, 0.25) is 0 Å². The molecule has 26 atom stereocenters. The molecule has 416 valence electrons. The van der Waals surface area contributed by atoms with Gasteiger partial charge in [0, 0.05) is 5.92 Å². The second-order valence-electron chi connectivity index (χ2n) is 22.3. The fourth-order valence-electron chi connectivity index (χ4n) is 13.9. The van der Waals surface area contributed by atoms with E-state index in [4.69, 9.17) is 47.7 Å². The first-order chi connectivity index (χ1) is 34.3. The quantitative estimate of drug-likeness (QED) is 0.0343. The molecule has 12 unspecified atom stereocenters. The lowest BCUT2D eigenvalue weighted by molar-refractivity contribution is -0.390. The molecular weight excluding hydrogens is 977 g/mol. The van der Waals surface area contributed by atoms with Crippen LogP contribution in [-0.4, -0.2) is 233 Å². The number of carbonyl (C=O) groups excluding carboxylic acids is 2. The van der Waals surface area contributed by atoms with Gasteiger partial charge in [-0.3, -0.25) is 14.4 Å². The summed E-state index contributed by atoms with van der Waals surface area (Å²) < 4.78 is 53.8. The van der Waals surface area contributed by atoms with Crippen LogP contribution in [0.25, 0.3) is 0 Å². The molecule has 0 aromatic heterocycles. The number of aliphatic hydroxyl groups is 12. The summed E-state index contributed by atoms with van der Waals surface area (Å²) in [6.45, 7) is 7.55. The van der Waals surface area contributed by atoms with Crippen molar-refractivity contribution in [1.29, 1.82) is 0 Å². The highest BCUT2D eigenvalue weighted by molar-refractivity contribution is 5.90. The number of carboxylic acid groups (broad SMARTS) is 1. The van der Waals surface area contributed by atoms with E-state index >= 15 is 0 Å². The zero-order chi connectivity index (χ0) is 53.3. The number of ether oxygens (including phenoxy) is 9. The lowest BCUT2D eigenvalue weighted by atomic mass is 9.41. The second-order valence-corrected chi connectivity index (χ2v) is 22.3. The van der Waals surface area contributed by atoms with Crippen molar-refractivity contribution in [2.45, 2.75) is 207 Å². The molecular formula is C48H74O25. The second kappa shape index (κ2) is 21.7. The Morgan fingerprint density at radius 3 is 1.90 bits per heavy atom. The fourth-order valence-corrected chi connectivity index (χ4v) is 13.9. The molecule has 4 aliphatic heterocycles. The predicted molar refractivity (Wildman–Crippen MR) is 238 cm³/mol. The number of esters is 2. The van der Waals surface area contributed by atoms with Crippen LogP contribution in [-0.2, 0) is 57.0 Å². The van der Waals surface area contributed by atoms with Crippen molar-refractivity contribution in [3.05, 3.63) is 12.2 Å². The van der Waals surface area contributed by atoms with Gasteiger partial charge in [0.15, 0.2) is 18.9 Å². The summed E-state index contributed by atoms with van der Waals surface area (Å²) in [7, 11) is 0. The summed E-state index contributed by atoms with van der Waals surface area (Å²) in [6.07, 6.45) is -28.9. The predicted octanol–water partition coefficient (Wildman–Crippen LogP) is -3.81. The van der Waals surface area contributed by atoms with Gasteiger partial charge in [-0.1, -0.05) is 26.8 Å². The molecule has 73 heavy (non-hydrogen) atoms. The molecule has 13 N–H and O–H groups in total. The van der Waals surface area contributed by atoms with Gasteiger partial charge in [0.2, 0.25) is 6.29 Å². The minimum atomic E-state index is -1.95. The maximum Gasteiger partial charge on any atom is 0.317 e. The van der Waals surface area contributed by atoms with E-state index in [1.54, 1.807) is 13.8 Å². The third-order valence-corrected chi connectivity index (χ3v) is 17.8. The highest BCUT2D eigenvalue weighted by atomic mass is 16.8. The number of fused-ring (bicyclic) bond motifs is 3. The molecule has 4 heterocycles. The SMILES string of the molecule is C=C1C[C@@]23CC[C@H]4[C@@](C)(CCC[C@@]4(C)C(=O)O[C@@H]4OC(COC(=O)CC(=O)O)[C@@H](O)C(O)C4O)[C@@H]2CC[C@]1(O[C@@H]1OC(CO)[C@@H](O)C(O[C@@H]2OC(CO)[C@@H](O)C(O)C2O)C1O[C@@H]1OCC(C)[C@@H](O)C(O)C1O)C3. The van der Waals surface area contributed by atoms with Gasteiger partial charge in [-0.15, -0.1) is 0 Å². The first-order valence-electron chi connectivity index (χ1n) is 25.2. The Kier molecular flexibility index (Phi) is 16.8. The van der Waals surface area contributed by atoms with Gasteiger partial charge < -0.3 is 109 Å². The first kappa shape index (κ1) is 56.6. The third-order valence-electron chi connectivity index (χ3n) is 17.8. The zero-order valence-corrected chi connectivity index (χ0v) is 41.0. The van der Waals surface area contributed by atoms with E-state index in [9.17, 15) is 75.7 Å². The van der Waals surface area contributed by atoms with Crippen LogP contribution in [0, 0.1) is 34.0 Å². The third kappa shape index (κ3) is 10.2. The minimum Gasteiger partial charge on any atom is -0.481 e. The minimum absolute atomic E-state index is 0.0152. The van der Waals surface area contributed by atoms with E-state index in [2.05, 4.69) is 13.5 Å². The number of carbonyl (C=O) groups is 3. The zero-order valence-electron chi connectivity index (χ0n) is 41.0. The molecule has 4 saturated carbocycles. The van der Waals surface area contributed by atoms with Crippen LogP contribution in [0.4, 0.5) is 0 Å². The molecule has 8 fully saturated rings. The average molecular weight is 1050 g/mol. The Balaban J connectivity index is 1.03. The maximum atomic E-state index is 14.5. The Bertz CT molecular complexity index is 1990. The summed E-state index contributed by atoms with van der Waals surface area (Å²) in [5.41, 5.74) is -2.51. The van der Waals surface area contributed by atoms with Gasteiger partial charge in [0.25, 0.3) is 0 Å². The van der Waals surface area contributed by atoms with Gasteiger partial charge in [-0.2, -0.15) is 0 Å². The highest BCUT2D eigenvalue weighted by Crippen LogP contribution is 2.74. The standard InChI is InChI=1S/C48H74O25/c1-19-16-66-40(35(61)32(58)28(19)54)71-39-38(70-41-36(62)33(59)29(55)21(14-49)67-41)31(57)22(15-50)68-43(39)73-48-11-7-25-45(3)8-5-9-46(4,24(45)6-10-47(25,18-48)13-20(48)2)44(64)72-42-37(63)34(60)30(56)23(69-42)17-65-27(53)12-26(51)52/h19,21-25,28-43,49-50,54-63H,2,5-18H2,1,3-4H3,(H,51,52)/t19?,21?,22?,23?,24-,25-,28+,29+,30+,31+,32?,33?,34?,35?,36?,37?,38?,39?,40-,41-,42-,43-,45+,46+,47+,48-/m0/s1. The largest absolute Gasteiger partial charge is 0.481 e. The van der Waals surface area contributed by atoms with Crippen LogP contribution < -0.4 is 0 Å². The van der Waals surface area contributed by atoms with Crippen molar-refractivity contribution in [3.8, 4) is 0 Å². The first-order valence-corrected chi connectivity index (χ1v) is 25.2. The van der Waals surface area contributed by atoms with E-state index in [1.807, 2.05) is 0 Å². The molecule has 8 rings (SSSR count). The topological polar surface area (TPSA) is 397 Å². The van der Waals surface area contributed by atoms with Gasteiger partial charge in [-0.25, -0.2) is 0 Å². The van der Waals surface area contributed by atoms with Crippen molar-refractivity contribution < 1.29 is 123 Å². The number of aliphatic hydroxyl groups excluding tert-OH is 12. The lowest BCUT2D eigenvalue weighted by Crippen LogP contribution is -2.67. The van der Waals surface area contributed by atoms with E-state index in [0.717, 1.165) is 6.42 Å². The van der Waals surface area contributed by atoms with Gasteiger partial charge >= 0.3 is 17.9 Å². The maximum absolute atomic E-state index is 14.5. The van der Waals surface area contributed by atoms with Crippen LogP contribution in [0.5, 0.6) is 0 Å². The van der Waals surface area contributed by atoms with E-state index in [0.29, 0.717) is 56.9 Å². The van der Waals surface area contributed by atoms with E-state index in [1.165, 1.54) is 0 Å². The Labute approximate surface area is 420 Å². The molecule has 0 radical (unpaired) electrons. The van der Waals surface area contributed by atoms with Crippen molar-refractivity contribution in [2.75, 3.05) is 26.4 Å². The van der Waals surface area contributed by atoms with Gasteiger partial charge in [0.05, 0.1) is 36.9 Å².